The number of hydrogen-bond acceptors (Lipinski definition) is 6. The molecule has 0 radical (unpaired) electrons. The molecule has 0 amide bonds. The Morgan fingerprint density at radius 1 is 1.29 bits per heavy atom. The van der Waals surface area contributed by atoms with Crippen LogP contribution < -0.4 is 10.2 Å². The van der Waals surface area contributed by atoms with Crippen LogP contribution in [0.25, 0.3) is 0 Å². The van der Waals surface area contributed by atoms with Gasteiger partial charge in [-0.2, -0.15) is 0 Å². The molecule has 6 nitrogen and oxygen atoms in total. The fraction of sp³-hybridized carbons (Fsp3) is 0.476. The lowest BCUT2D eigenvalue weighted by Gasteiger charge is -2.28. The predicted octanol–water partition coefficient (Wildman–Crippen LogP) is 3.02. The Morgan fingerprint density at radius 3 is 2.93 bits per heavy atom. The summed E-state index contributed by atoms with van der Waals surface area (Å²) in [6.45, 7) is 5.24. The van der Waals surface area contributed by atoms with Crippen LogP contribution in [0.3, 0.4) is 0 Å². The molecule has 4 rings (SSSR count). The smallest absolute Gasteiger partial charge is 0.151 e. The summed E-state index contributed by atoms with van der Waals surface area (Å²) in [6.07, 6.45) is 2.53. The lowest BCUT2D eigenvalue weighted by molar-refractivity contribution is 0.0337. The molecule has 1 unspecified atom stereocenters. The van der Waals surface area contributed by atoms with Crippen LogP contribution in [0.5, 0.6) is 0 Å². The Kier molecular flexibility index (Phi) is 6.04. The molecule has 0 aliphatic carbocycles. The second-order valence-corrected chi connectivity index (χ2v) is 7.20. The highest BCUT2D eigenvalue weighted by molar-refractivity contribution is 5.73. The molecule has 150 valence electrons. The molecule has 3 heterocycles. The van der Waals surface area contributed by atoms with Crippen LogP contribution in [0.4, 0.5) is 15.9 Å². The number of pyridine rings is 1. The van der Waals surface area contributed by atoms with Gasteiger partial charge in [0, 0.05) is 51.7 Å². The van der Waals surface area contributed by atoms with Gasteiger partial charge in [0.2, 0.25) is 0 Å². The van der Waals surface area contributed by atoms with Crippen molar-refractivity contribution in [1.82, 2.24) is 9.88 Å². The number of methoxy groups -OCH3 is 1. The first-order chi connectivity index (χ1) is 13.8. The molecule has 1 fully saturated rings. The summed E-state index contributed by atoms with van der Waals surface area (Å²) in [5.41, 5.74) is 2.67. The highest BCUT2D eigenvalue weighted by atomic mass is 19.1. The Hall–Kier alpha value is -2.22. The monoisotopic (exact) mass is 386 g/mol. The lowest BCUT2D eigenvalue weighted by Crippen LogP contribution is -2.36. The van der Waals surface area contributed by atoms with Crippen molar-refractivity contribution in [2.45, 2.75) is 19.1 Å². The maximum absolute atomic E-state index is 14.9. The van der Waals surface area contributed by atoms with E-state index in [0.717, 1.165) is 48.7 Å². The number of hydrogen-bond donors (Lipinski definition) is 1. The first-order valence-electron chi connectivity index (χ1n) is 9.82. The van der Waals surface area contributed by atoms with E-state index < -0.39 is 0 Å². The molecular weight excluding hydrogens is 359 g/mol. The highest BCUT2D eigenvalue weighted by Gasteiger charge is 2.30. The topological polar surface area (TPSA) is 49.9 Å². The Morgan fingerprint density at radius 2 is 2.14 bits per heavy atom. The molecule has 2 aliphatic rings. The maximum Gasteiger partial charge on any atom is 0.151 e. The molecule has 7 heteroatoms. The van der Waals surface area contributed by atoms with Gasteiger partial charge in [0.1, 0.15) is 12.0 Å². The van der Waals surface area contributed by atoms with E-state index in [1.54, 1.807) is 19.4 Å². The molecule has 1 saturated heterocycles. The van der Waals surface area contributed by atoms with Gasteiger partial charge in [-0.25, -0.2) is 9.37 Å². The Balaban J connectivity index is 1.52. The van der Waals surface area contributed by atoms with E-state index in [-0.39, 0.29) is 12.0 Å². The molecule has 2 aliphatic heterocycles. The molecule has 0 bridgehead atoms. The van der Waals surface area contributed by atoms with Gasteiger partial charge in [-0.15, -0.1) is 0 Å². The second kappa shape index (κ2) is 8.86. The van der Waals surface area contributed by atoms with E-state index >= 15 is 0 Å². The maximum atomic E-state index is 14.9. The third-order valence-electron chi connectivity index (χ3n) is 5.32. The van der Waals surface area contributed by atoms with E-state index in [4.69, 9.17) is 9.47 Å². The zero-order valence-electron chi connectivity index (χ0n) is 16.2. The minimum absolute atomic E-state index is 0.131. The number of benzene rings is 1. The number of halogens is 1. The SMILES string of the molecule is COCCCN1c2cccnc2NC1c1ccc(CN2CCOCC2)c(F)c1. The highest BCUT2D eigenvalue weighted by Crippen LogP contribution is 2.39. The van der Waals surface area contributed by atoms with Crippen molar-refractivity contribution in [3.05, 3.63) is 53.5 Å². The minimum atomic E-state index is -0.161. The van der Waals surface area contributed by atoms with E-state index in [2.05, 4.69) is 20.1 Å². The van der Waals surface area contributed by atoms with Crippen LogP contribution in [-0.4, -0.2) is 56.4 Å². The first-order valence-corrected chi connectivity index (χ1v) is 9.82. The fourth-order valence-corrected chi connectivity index (χ4v) is 3.84. The number of anilines is 2. The average molecular weight is 386 g/mol. The van der Waals surface area contributed by atoms with Gasteiger partial charge in [-0.05, 0) is 30.2 Å². The van der Waals surface area contributed by atoms with Crippen LogP contribution in [0.2, 0.25) is 0 Å². The van der Waals surface area contributed by atoms with Crippen molar-refractivity contribution in [2.75, 3.05) is 56.8 Å². The molecule has 1 aromatic heterocycles. The molecule has 0 saturated carbocycles. The van der Waals surface area contributed by atoms with Gasteiger partial charge in [0.25, 0.3) is 0 Å². The van der Waals surface area contributed by atoms with Crippen LogP contribution in [0.15, 0.2) is 36.5 Å². The summed E-state index contributed by atoms with van der Waals surface area (Å²) in [6, 6.07) is 9.56. The minimum Gasteiger partial charge on any atom is -0.385 e. The number of nitrogens with one attached hydrogen (secondary N) is 1. The second-order valence-electron chi connectivity index (χ2n) is 7.20. The molecule has 1 atom stereocenters. The van der Waals surface area contributed by atoms with Crippen LogP contribution in [0.1, 0.15) is 23.7 Å². The Bertz CT molecular complexity index is 798. The molecule has 1 N–H and O–H groups in total. The van der Waals surface area contributed by atoms with Crippen molar-refractivity contribution in [3.63, 3.8) is 0 Å². The van der Waals surface area contributed by atoms with E-state index in [9.17, 15) is 4.39 Å². The number of nitrogens with zero attached hydrogens (tertiary/aromatic N) is 3. The van der Waals surface area contributed by atoms with Crippen molar-refractivity contribution in [2.24, 2.45) is 0 Å². The predicted molar refractivity (Wildman–Crippen MR) is 107 cm³/mol. The zero-order valence-corrected chi connectivity index (χ0v) is 16.2. The van der Waals surface area contributed by atoms with E-state index in [1.807, 2.05) is 24.3 Å². The van der Waals surface area contributed by atoms with Gasteiger partial charge in [0.15, 0.2) is 5.82 Å². The lowest BCUT2D eigenvalue weighted by atomic mass is 10.1. The third kappa shape index (κ3) is 4.11. The standard InChI is InChI=1S/C21H27FN4O2/c1-27-11-3-8-26-19-4-2-7-23-20(19)24-21(26)16-5-6-17(18(22)14-16)15-25-9-12-28-13-10-25/h2,4-7,14,21H,3,8-13,15H2,1H3,(H,23,24). The average Bonchev–Trinajstić information content (AvgIpc) is 3.09. The van der Waals surface area contributed by atoms with E-state index in [1.165, 1.54) is 0 Å². The zero-order chi connectivity index (χ0) is 19.3. The van der Waals surface area contributed by atoms with Gasteiger partial charge >= 0.3 is 0 Å². The number of rotatable bonds is 7. The molecule has 28 heavy (non-hydrogen) atoms. The summed E-state index contributed by atoms with van der Waals surface area (Å²) in [4.78, 5) is 8.90. The van der Waals surface area contributed by atoms with Crippen molar-refractivity contribution >= 4 is 11.5 Å². The molecule has 2 aromatic rings. The third-order valence-corrected chi connectivity index (χ3v) is 5.32. The van der Waals surface area contributed by atoms with Gasteiger partial charge in [-0.1, -0.05) is 12.1 Å². The summed E-state index contributed by atoms with van der Waals surface area (Å²) < 4.78 is 25.5. The van der Waals surface area contributed by atoms with Crippen LogP contribution in [-0.2, 0) is 16.0 Å². The molecule has 0 spiro atoms. The summed E-state index contributed by atoms with van der Waals surface area (Å²) in [7, 11) is 1.71. The van der Waals surface area contributed by atoms with Gasteiger partial charge < -0.3 is 19.7 Å². The molecule has 1 aromatic carbocycles. The quantitative estimate of drug-likeness (QED) is 0.739. The molecular formula is C21H27FN4O2. The largest absolute Gasteiger partial charge is 0.385 e. The summed E-state index contributed by atoms with van der Waals surface area (Å²) >= 11 is 0. The first kappa shape index (κ1) is 19.1. The number of ether oxygens (including phenoxy) is 2. The summed E-state index contributed by atoms with van der Waals surface area (Å²) in [5, 5.41) is 3.44. The van der Waals surface area contributed by atoms with Crippen LogP contribution in [0, 0.1) is 5.82 Å². The van der Waals surface area contributed by atoms with Gasteiger partial charge in [0.05, 0.1) is 18.9 Å². The Labute approximate surface area is 165 Å². The summed E-state index contributed by atoms with van der Waals surface area (Å²) in [5.74, 6) is 0.675. The number of fused-ring (bicyclic) bond motifs is 1. The van der Waals surface area contributed by atoms with E-state index in [0.29, 0.717) is 26.4 Å². The fourth-order valence-electron chi connectivity index (χ4n) is 3.84. The number of aromatic nitrogens is 1. The number of morpholine rings is 1. The van der Waals surface area contributed by atoms with Crippen molar-refractivity contribution in [3.8, 4) is 0 Å². The van der Waals surface area contributed by atoms with Crippen molar-refractivity contribution in [1.29, 1.82) is 0 Å². The normalized spacial score (nSPS) is 19.5. The van der Waals surface area contributed by atoms with Crippen molar-refractivity contribution < 1.29 is 13.9 Å². The van der Waals surface area contributed by atoms with Gasteiger partial charge in [-0.3, -0.25) is 4.90 Å². The van der Waals surface area contributed by atoms with Crippen LogP contribution >= 0.6 is 0 Å².